The number of nitrogens with zero attached hydrogens (tertiary/aromatic N) is 5. The number of anilines is 1. The van der Waals surface area contributed by atoms with Gasteiger partial charge < -0.3 is 9.80 Å². The van der Waals surface area contributed by atoms with E-state index in [4.69, 9.17) is 4.98 Å². The summed E-state index contributed by atoms with van der Waals surface area (Å²) in [4.78, 5) is 22.8. The van der Waals surface area contributed by atoms with Crippen LogP contribution in [0.3, 0.4) is 0 Å². The monoisotopic (exact) mass is 353 g/mol. The number of carbonyl (C=O) groups excluding carboxylic acids is 1. The third-order valence-electron chi connectivity index (χ3n) is 4.36. The minimum atomic E-state index is -0.0116. The van der Waals surface area contributed by atoms with Gasteiger partial charge in [-0.2, -0.15) is 5.10 Å². The molecule has 0 bridgehead atoms. The Morgan fingerprint density at radius 2 is 2.00 bits per heavy atom. The van der Waals surface area contributed by atoms with Crippen LogP contribution in [0.4, 0.5) is 5.13 Å². The lowest BCUT2D eigenvalue weighted by Gasteiger charge is -2.21. The lowest BCUT2D eigenvalue weighted by Crippen LogP contribution is -2.30. The number of carbonyl (C=O) groups is 1. The van der Waals surface area contributed by atoms with Crippen molar-refractivity contribution in [1.29, 1.82) is 0 Å². The quantitative estimate of drug-likeness (QED) is 0.711. The number of hydrogen-bond donors (Lipinski definition) is 0. The zero-order valence-corrected chi connectivity index (χ0v) is 15.2. The fourth-order valence-corrected chi connectivity index (χ4v) is 4.07. The molecule has 4 rings (SSSR count). The van der Waals surface area contributed by atoms with Crippen LogP contribution < -0.4 is 4.90 Å². The van der Waals surface area contributed by atoms with E-state index in [2.05, 4.69) is 17.2 Å². The Morgan fingerprint density at radius 3 is 2.72 bits per heavy atom. The average Bonchev–Trinajstić information content (AvgIpc) is 3.17. The van der Waals surface area contributed by atoms with E-state index in [1.165, 1.54) is 0 Å². The first-order valence-corrected chi connectivity index (χ1v) is 8.89. The molecule has 1 aliphatic rings. The van der Waals surface area contributed by atoms with Crippen molar-refractivity contribution in [3.63, 3.8) is 0 Å². The fourth-order valence-electron chi connectivity index (χ4n) is 3.06. The lowest BCUT2D eigenvalue weighted by atomic mass is 10.1. The second kappa shape index (κ2) is 6.00. The highest BCUT2D eigenvalue weighted by atomic mass is 32.1. The summed E-state index contributed by atoms with van der Waals surface area (Å²) < 4.78 is 1.62. The Hall–Kier alpha value is -2.67. The van der Waals surface area contributed by atoms with E-state index < -0.39 is 0 Å². The molecule has 0 aliphatic carbocycles. The number of fused-ring (bicyclic) bond motifs is 3. The average molecular weight is 353 g/mol. The summed E-state index contributed by atoms with van der Waals surface area (Å²) in [5.41, 5.74) is 3.82. The molecule has 0 saturated heterocycles. The number of amides is 1. The summed E-state index contributed by atoms with van der Waals surface area (Å²) >= 11 is 1.64. The Morgan fingerprint density at radius 1 is 1.20 bits per heavy atom. The molecule has 7 heteroatoms. The van der Waals surface area contributed by atoms with Crippen molar-refractivity contribution in [2.75, 3.05) is 19.0 Å². The molecule has 0 fully saturated rings. The summed E-state index contributed by atoms with van der Waals surface area (Å²) in [6.45, 7) is 1.13. The number of rotatable bonds is 2. The summed E-state index contributed by atoms with van der Waals surface area (Å²) in [5.74, 6) is -0.0116. The zero-order chi connectivity index (χ0) is 17.6. The van der Waals surface area contributed by atoms with Crippen LogP contribution >= 0.6 is 11.3 Å². The highest BCUT2D eigenvalue weighted by Crippen LogP contribution is 2.38. The Kier molecular flexibility index (Phi) is 3.80. The van der Waals surface area contributed by atoms with Crippen LogP contribution in [0.2, 0.25) is 0 Å². The predicted octanol–water partition coefficient (Wildman–Crippen LogP) is 2.77. The highest BCUT2D eigenvalue weighted by Gasteiger charge is 2.27. The molecular weight excluding hydrogens is 334 g/mol. The van der Waals surface area contributed by atoms with Crippen LogP contribution in [0.15, 0.2) is 36.5 Å². The molecule has 0 radical (unpaired) electrons. The number of benzene rings is 1. The number of thiazole rings is 1. The van der Waals surface area contributed by atoms with Gasteiger partial charge in [-0.25, -0.2) is 4.98 Å². The van der Waals surface area contributed by atoms with E-state index in [0.29, 0.717) is 18.8 Å². The maximum Gasteiger partial charge on any atom is 0.272 e. The molecule has 0 spiro atoms. The SMILES string of the molecule is CN(C)c1nc2c(s1)CN(C(=O)c1ccnn1C)Cc1ccccc1-2. The van der Waals surface area contributed by atoms with Crippen LogP contribution in [0.5, 0.6) is 0 Å². The highest BCUT2D eigenvalue weighted by molar-refractivity contribution is 7.16. The zero-order valence-electron chi connectivity index (χ0n) is 14.4. The molecule has 1 amide bonds. The topological polar surface area (TPSA) is 54.3 Å². The van der Waals surface area contributed by atoms with E-state index in [0.717, 1.165) is 26.8 Å². The van der Waals surface area contributed by atoms with Gasteiger partial charge in [0.25, 0.3) is 5.91 Å². The third-order valence-corrected chi connectivity index (χ3v) is 5.57. The molecule has 128 valence electrons. The Balaban J connectivity index is 1.81. The summed E-state index contributed by atoms with van der Waals surface area (Å²) in [5, 5.41) is 5.08. The number of hydrogen-bond acceptors (Lipinski definition) is 5. The van der Waals surface area contributed by atoms with E-state index in [-0.39, 0.29) is 5.91 Å². The summed E-state index contributed by atoms with van der Waals surface area (Å²) in [6, 6.07) is 9.96. The third kappa shape index (κ3) is 2.70. The van der Waals surface area contributed by atoms with Crippen molar-refractivity contribution in [3.8, 4) is 11.3 Å². The van der Waals surface area contributed by atoms with Gasteiger partial charge in [-0.05, 0) is 11.6 Å². The second-order valence-electron chi connectivity index (χ2n) is 6.32. The summed E-state index contributed by atoms with van der Waals surface area (Å²) in [7, 11) is 5.77. The lowest BCUT2D eigenvalue weighted by molar-refractivity contribution is 0.0722. The van der Waals surface area contributed by atoms with E-state index in [9.17, 15) is 4.79 Å². The van der Waals surface area contributed by atoms with Crippen molar-refractivity contribution in [2.24, 2.45) is 7.05 Å². The normalized spacial score (nSPS) is 13.2. The van der Waals surface area contributed by atoms with Crippen molar-refractivity contribution in [3.05, 3.63) is 52.7 Å². The molecule has 0 N–H and O–H groups in total. The van der Waals surface area contributed by atoms with E-state index in [1.807, 2.05) is 36.0 Å². The van der Waals surface area contributed by atoms with Gasteiger partial charge >= 0.3 is 0 Å². The van der Waals surface area contributed by atoms with Crippen molar-refractivity contribution in [2.45, 2.75) is 13.1 Å². The van der Waals surface area contributed by atoms with Gasteiger partial charge in [-0.1, -0.05) is 35.6 Å². The molecule has 3 aromatic rings. The molecule has 25 heavy (non-hydrogen) atoms. The smallest absolute Gasteiger partial charge is 0.272 e. The van der Waals surface area contributed by atoms with E-state index in [1.54, 1.807) is 35.3 Å². The molecule has 1 aromatic carbocycles. The standard InChI is InChI=1S/C18H19N5OS/c1-21(2)18-20-16-13-7-5-4-6-12(13)10-23(11-15(16)25-18)17(24)14-8-9-19-22(14)3/h4-9H,10-11H2,1-3H3. The van der Waals surface area contributed by atoms with E-state index >= 15 is 0 Å². The first kappa shape index (κ1) is 15.8. The molecular formula is C18H19N5OS. The van der Waals surface area contributed by atoms with Gasteiger partial charge in [0.1, 0.15) is 5.69 Å². The van der Waals surface area contributed by atoms with Crippen molar-refractivity contribution < 1.29 is 4.79 Å². The van der Waals surface area contributed by atoms with Crippen LogP contribution in [0.1, 0.15) is 20.9 Å². The Bertz CT molecular complexity index is 943. The molecule has 0 saturated carbocycles. The first-order chi connectivity index (χ1) is 12.0. The molecule has 0 unspecified atom stereocenters. The Labute approximate surface area is 150 Å². The molecule has 0 atom stereocenters. The number of aryl methyl sites for hydroxylation is 1. The maximum absolute atomic E-state index is 13.0. The van der Waals surface area contributed by atoms with Crippen LogP contribution in [-0.2, 0) is 20.1 Å². The minimum Gasteiger partial charge on any atom is -0.354 e. The second-order valence-corrected chi connectivity index (χ2v) is 7.38. The van der Waals surface area contributed by atoms with Crippen LogP contribution in [-0.4, -0.2) is 39.7 Å². The summed E-state index contributed by atoms with van der Waals surface area (Å²) in [6.07, 6.45) is 1.65. The molecule has 2 aromatic heterocycles. The van der Waals surface area contributed by atoms with Crippen molar-refractivity contribution >= 4 is 22.4 Å². The molecule has 1 aliphatic heterocycles. The maximum atomic E-state index is 13.0. The largest absolute Gasteiger partial charge is 0.354 e. The van der Waals surface area contributed by atoms with Gasteiger partial charge in [0.05, 0.1) is 17.1 Å². The number of aromatic nitrogens is 3. The molecule has 3 heterocycles. The van der Waals surface area contributed by atoms with Crippen LogP contribution in [0, 0.1) is 0 Å². The van der Waals surface area contributed by atoms with Gasteiger partial charge in [0.2, 0.25) is 0 Å². The first-order valence-electron chi connectivity index (χ1n) is 8.07. The van der Waals surface area contributed by atoms with Gasteiger partial charge in [-0.15, -0.1) is 0 Å². The minimum absolute atomic E-state index is 0.0116. The van der Waals surface area contributed by atoms with Gasteiger partial charge in [0.15, 0.2) is 5.13 Å². The fraction of sp³-hybridized carbons (Fsp3) is 0.278. The van der Waals surface area contributed by atoms with Gasteiger partial charge in [-0.3, -0.25) is 9.48 Å². The molecule has 6 nitrogen and oxygen atoms in total. The van der Waals surface area contributed by atoms with Crippen LogP contribution in [0.25, 0.3) is 11.3 Å². The van der Waals surface area contributed by atoms with Gasteiger partial charge in [0, 0.05) is 39.4 Å². The van der Waals surface area contributed by atoms with Crippen molar-refractivity contribution in [1.82, 2.24) is 19.7 Å². The predicted molar refractivity (Wildman–Crippen MR) is 98.7 cm³/mol.